The Morgan fingerprint density at radius 2 is 2.38 bits per heavy atom. The number of hydrogen-bond donors (Lipinski definition) is 0. The lowest BCUT2D eigenvalue weighted by atomic mass is 9.77. The van der Waals surface area contributed by atoms with Gasteiger partial charge in [-0.2, -0.15) is 11.3 Å². The molecule has 0 N–H and O–H groups in total. The summed E-state index contributed by atoms with van der Waals surface area (Å²) in [5.41, 5.74) is 1.37. The summed E-state index contributed by atoms with van der Waals surface area (Å²) in [5.74, 6) is 1.61. The minimum absolute atomic E-state index is 0.439. The molecule has 2 heteroatoms. The average molecular weight is 194 g/mol. The zero-order valence-electron chi connectivity index (χ0n) is 7.82. The largest absolute Gasteiger partial charge is 0.300 e. The molecule has 0 aliphatic heterocycles. The van der Waals surface area contributed by atoms with Crippen molar-refractivity contribution >= 4 is 17.1 Å². The summed E-state index contributed by atoms with van der Waals surface area (Å²) >= 11 is 1.73. The van der Waals surface area contributed by atoms with Crippen LogP contribution >= 0.6 is 11.3 Å². The molecule has 1 aromatic rings. The van der Waals surface area contributed by atoms with E-state index < -0.39 is 0 Å². The third-order valence-corrected chi connectivity index (χ3v) is 3.69. The van der Waals surface area contributed by atoms with Crippen molar-refractivity contribution in [3.8, 4) is 0 Å². The molecule has 0 aromatic carbocycles. The molecule has 70 valence electrons. The van der Waals surface area contributed by atoms with Crippen molar-refractivity contribution in [3.63, 3.8) is 0 Å². The molecule has 1 aromatic heterocycles. The molecule has 1 saturated carbocycles. The number of carbonyl (C=O) groups is 1. The first kappa shape index (κ1) is 8.95. The van der Waals surface area contributed by atoms with E-state index in [9.17, 15) is 4.79 Å². The molecular weight excluding hydrogens is 180 g/mol. The molecule has 0 saturated heterocycles. The minimum Gasteiger partial charge on any atom is -0.300 e. The predicted molar refractivity (Wildman–Crippen MR) is 55.1 cm³/mol. The number of ketones is 1. The van der Waals surface area contributed by atoms with Crippen molar-refractivity contribution < 1.29 is 4.79 Å². The molecule has 1 nitrogen and oxygen atoms in total. The van der Waals surface area contributed by atoms with Crippen LogP contribution in [0.1, 0.15) is 37.7 Å². The van der Waals surface area contributed by atoms with Crippen LogP contribution in [0.4, 0.5) is 0 Å². The van der Waals surface area contributed by atoms with Gasteiger partial charge in [0, 0.05) is 12.8 Å². The zero-order chi connectivity index (χ0) is 9.26. The summed E-state index contributed by atoms with van der Waals surface area (Å²) in [6.45, 7) is 2.26. The number of Topliss-reactive ketones (excluding diaryl/α,β-unsaturated/α-hetero) is 1. The Labute approximate surface area is 82.8 Å². The van der Waals surface area contributed by atoms with Gasteiger partial charge in [0.15, 0.2) is 0 Å². The molecule has 2 atom stereocenters. The topological polar surface area (TPSA) is 17.1 Å². The van der Waals surface area contributed by atoms with E-state index >= 15 is 0 Å². The van der Waals surface area contributed by atoms with Gasteiger partial charge in [-0.05, 0) is 40.6 Å². The summed E-state index contributed by atoms with van der Waals surface area (Å²) in [5, 5.41) is 4.28. The molecular formula is C11H14OS. The fourth-order valence-electron chi connectivity index (χ4n) is 2.07. The van der Waals surface area contributed by atoms with Gasteiger partial charge in [-0.1, -0.05) is 6.92 Å². The third kappa shape index (κ3) is 1.83. The van der Waals surface area contributed by atoms with Crippen LogP contribution in [-0.2, 0) is 4.79 Å². The van der Waals surface area contributed by atoms with Crippen LogP contribution in [0.25, 0.3) is 0 Å². The molecule has 1 heterocycles. The highest BCUT2D eigenvalue weighted by molar-refractivity contribution is 7.07. The first-order valence-electron chi connectivity index (χ1n) is 4.81. The number of thiophene rings is 1. The molecule has 0 amide bonds. The SMILES string of the molecule is CC1CCC(=O)CC1c1ccsc1. The van der Waals surface area contributed by atoms with Crippen molar-refractivity contribution in [2.75, 3.05) is 0 Å². The van der Waals surface area contributed by atoms with Crippen molar-refractivity contribution in [1.29, 1.82) is 0 Å². The first-order chi connectivity index (χ1) is 6.27. The van der Waals surface area contributed by atoms with Crippen molar-refractivity contribution in [2.45, 2.75) is 32.1 Å². The van der Waals surface area contributed by atoms with Crippen LogP contribution in [0.3, 0.4) is 0 Å². The van der Waals surface area contributed by atoms with E-state index in [4.69, 9.17) is 0 Å². The second kappa shape index (κ2) is 3.62. The normalized spacial score (nSPS) is 29.2. The monoisotopic (exact) mass is 194 g/mol. The third-order valence-electron chi connectivity index (χ3n) is 2.98. The quantitative estimate of drug-likeness (QED) is 0.671. The van der Waals surface area contributed by atoms with E-state index in [2.05, 4.69) is 23.8 Å². The number of hydrogen-bond acceptors (Lipinski definition) is 2. The smallest absolute Gasteiger partial charge is 0.133 e. The molecule has 2 rings (SSSR count). The van der Waals surface area contributed by atoms with Gasteiger partial charge < -0.3 is 0 Å². The lowest BCUT2D eigenvalue weighted by molar-refractivity contribution is -0.121. The Balaban J connectivity index is 2.17. The Morgan fingerprint density at radius 1 is 1.54 bits per heavy atom. The summed E-state index contributed by atoms with van der Waals surface area (Å²) in [7, 11) is 0. The molecule has 1 aliphatic rings. The maximum atomic E-state index is 11.3. The van der Waals surface area contributed by atoms with Crippen LogP contribution in [-0.4, -0.2) is 5.78 Å². The highest BCUT2D eigenvalue weighted by atomic mass is 32.1. The van der Waals surface area contributed by atoms with Crippen LogP contribution in [0, 0.1) is 5.92 Å². The Morgan fingerprint density at radius 3 is 3.08 bits per heavy atom. The van der Waals surface area contributed by atoms with Gasteiger partial charge in [-0.25, -0.2) is 0 Å². The summed E-state index contributed by atoms with van der Waals surface area (Å²) in [6, 6.07) is 2.16. The maximum Gasteiger partial charge on any atom is 0.133 e. The van der Waals surface area contributed by atoms with E-state index in [-0.39, 0.29) is 0 Å². The summed E-state index contributed by atoms with van der Waals surface area (Å²) in [6.07, 6.45) is 2.62. The van der Waals surface area contributed by atoms with E-state index in [0.717, 1.165) is 19.3 Å². The van der Waals surface area contributed by atoms with Gasteiger partial charge in [-0.15, -0.1) is 0 Å². The van der Waals surface area contributed by atoms with Crippen LogP contribution < -0.4 is 0 Å². The van der Waals surface area contributed by atoms with Gasteiger partial charge in [0.1, 0.15) is 5.78 Å². The highest BCUT2D eigenvalue weighted by Gasteiger charge is 2.27. The van der Waals surface area contributed by atoms with Gasteiger partial charge in [0.25, 0.3) is 0 Å². The second-order valence-electron chi connectivity index (χ2n) is 3.92. The van der Waals surface area contributed by atoms with Crippen molar-refractivity contribution in [3.05, 3.63) is 22.4 Å². The van der Waals surface area contributed by atoms with E-state index in [1.165, 1.54) is 5.56 Å². The Hall–Kier alpha value is -0.630. The Bertz CT molecular complexity index is 289. The number of rotatable bonds is 1. The van der Waals surface area contributed by atoms with Gasteiger partial charge in [0.2, 0.25) is 0 Å². The maximum absolute atomic E-state index is 11.3. The average Bonchev–Trinajstić information content (AvgIpc) is 2.61. The molecule has 13 heavy (non-hydrogen) atoms. The van der Waals surface area contributed by atoms with E-state index in [1.807, 2.05) is 0 Å². The fourth-order valence-corrected chi connectivity index (χ4v) is 2.80. The lowest BCUT2D eigenvalue weighted by Gasteiger charge is -2.27. The van der Waals surface area contributed by atoms with Crippen molar-refractivity contribution in [2.24, 2.45) is 5.92 Å². The first-order valence-corrected chi connectivity index (χ1v) is 5.75. The van der Waals surface area contributed by atoms with Gasteiger partial charge in [0.05, 0.1) is 0 Å². The zero-order valence-corrected chi connectivity index (χ0v) is 8.64. The minimum atomic E-state index is 0.439. The number of carbonyl (C=O) groups excluding carboxylic acids is 1. The van der Waals surface area contributed by atoms with Crippen LogP contribution in [0.15, 0.2) is 16.8 Å². The second-order valence-corrected chi connectivity index (χ2v) is 4.70. The lowest BCUT2D eigenvalue weighted by Crippen LogP contribution is -2.20. The molecule has 2 unspecified atom stereocenters. The Kier molecular flexibility index (Phi) is 2.49. The molecule has 0 bridgehead atoms. The summed E-state index contributed by atoms with van der Waals surface area (Å²) < 4.78 is 0. The van der Waals surface area contributed by atoms with Gasteiger partial charge in [-0.3, -0.25) is 4.79 Å². The van der Waals surface area contributed by atoms with Crippen LogP contribution in [0.2, 0.25) is 0 Å². The van der Waals surface area contributed by atoms with E-state index in [0.29, 0.717) is 17.6 Å². The van der Waals surface area contributed by atoms with Gasteiger partial charge >= 0.3 is 0 Å². The van der Waals surface area contributed by atoms with Crippen molar-refractivity contribution in [1.82, 2.24) is 0 Å². The molecule has 0 radical (unpaired) electrons. The predicted octanol–water partition coefficient (Wildman–Crippen LogP) is 3.22. The fraction of sp³-hybridized carbons (Fsp3) is 0.545. The highest BCUT2D eigenvalue weighted by Crippen LogP contribution is 2.36. The summed E-state index contributed by atoms with van der Waals surface area (Å²) in [4.78, 5) is 11.3. The molecule has 0 spiro atoms. The standard InChI is InChI=1S/C11H14OS/c1-8-2-3-10(12)6-11(8)9-4-5-13-7-9/h4-5,7-8,11H,2-3,6H2,1H3. The van der Waals surface area contributed by atoms with E-state index in [1.54, 1.807) is 11.3 Å². The molecule has 1 fully saturated rings. The van der Waals surface area contributed by atoms with Crippen LogP contribution in [0.5, 0.6) is 0 Å². The molecule has 1 aliphatic carbocycles.